The lowest BCUT2D eigenvalue weighted by Gasteiger charge is -2.12. The van der Waals surface area contributed by atoms with E-state index in [1.165, 1.54) is 6.08 Å². The van der Waals surface area contributed by atoms with Crippen molar-refractivity contribution in [3.05, 3.63) is 41.2 Å². The van der Waals surface area contributed by atoms with Gasteiger partial charge in [-0.1, -0.05) is 0 Å². The number of anilines is 1. The van der Waals surface area contributed by atoms with Crippen LogP contribution in [0.1, 0.15) is 30.8 Å². The van der Waals surface area contributed by atoms with Crippen LogP contribution in [0.5, 0.6) is 11.5 Å². The van der Waals surface area contributed by atoms with Crippen LogP contribution in [0.25, 0.3) is 6.08 Å². The van der Waals surface area contributed by atoms with Gasteiger partial charge in [0.05, 0.1) is 24.6 Å². The van der Waals surface area contributed by atoms with E-state index in [4.69, 9.17) is 9.47 Å². The van der Waals surface area contributed by atoms with E-state index in [1.54, 1.807) is 22.9 Å². The Hall–Kier alpha value is -2.76. The van der Waals surface area contributed by atoms with Crippen LogP contribution in [0.3, 0.4) is 0 Å². The fourth-order valence-corrected chi connectivity index (χ4v) is 2.51. The standard InChI is InChI=1S/C19H25N3O3/c1-6-24-15-8-10-18(25-7-2)17(12-15)20-19(23)11-9-16-13(3)21-22(5)14(16)4/h8-12H,6-7H2,1-5H3,(H,20,23). The summed E-state index contributed by atoms with van der Waals surface area (Å²) < 4.78 is 12.9. The second-order valence-corrected chi connectivity index (χ2v) is 5.55. The third-order valence-corrected chi connectivity index (χ3v) is 3.79. The Morgan fingerprint density at radius 2 is 1.96 bits per heavy atom. The summed E-state index contributed by atoms with van der Waals surface area (Å²) in [4.78, 5) is 12.3. The van der Waals surface area contributed by atoms with Gasteiger partial charge < -0.3 is 14.8 Å². The average Bonchev–Trinajstić information content (AvgIpc) is 2.81. The van der Waals surface area contributed by atoms with Crippen LogP contribution in [0, 0.1) is 13.8 Å². The molecule has 25 heavy (non-hydrogen) atoms. The number of aromatic nitrogens is 2. The Kier molecular flexibility index (Phi) is 6.22. The van der Waals surface area contributed by atoms with Gasteiger partial charge in [-0.3, -0.25) is 9.48 Å². The third-order valence-electron chi connectivity index (χ3n) is 3.79. The first kappa shape index (κ1) is 18.6. The van der Waals surface area contributed by atoms with Gasteiger partial charge in [-0.05, 0) is 45.9 Å². The molecule has 1 N–H and O–H groups in total. The fourth-order valence-electron chi connectivity index (χ4n) is 2.51. The van der Waals surface area contributed by atoms with E-state index in [-0.39, 0.29) is 5.91 Å². The van der Waals surface area contributed by atoms with Crippen LogP contribution in [0.15, 0.2) is 24.3 Å². The van der Waals surface area contributed by atoms with Gasteiger partial charge in [0, 0.05) is 30.4 Å². The lowest BCUT2D eigenvalue weighted by atomic mass is 10.2. The number of ether oxygens (including phenoxy) is 2. The summed E-state index contributed by atoms with van der Waals surface area (Å²) in [7, 11) is 1.88. The van der Waals surface area contributed by atoms with Gasteiger partial charge in [0.1, 0.15) is 11.5 Å². The number of nitrogens with one attached hydrogen (secondary N) is 1. The second kappa shape index (κ2) is 8.37. The zero-order valence-electron chi connectivity index (χ0n) is 15.4. The average molecular weight is 343 g/mol. The highest BCUT2D eigenvalue weighted by atomic mass is 16.5. The van der Waals surface area contributed by atoms with Gasteiger partial charge in [-0.25, -0.2) is 0 Å². The molecule has 1 heterocycles. The molecule has 1 aromatic carbocycles. The maximum atomic E-state index is 12.3. The van der Waals surface area contributed by atoms with Gasteiger partial charge in [-0.15, -0.1) is 0 Å². The van der Waals surface area contributed by atoms with E-state index in [0.29, 0.717) is 30.4 Å². The molecule has 0 saturated carbocycles. The van der Waals surface area contributed by atoms with Gasteiger partial charge in [0.15, 0.2) is 0 Å². The molecule has 0 spiro atoms. The monoisotopic (exact) mass is 343 g/mol. The lowest BCUT2D eigenvalue weighted by Crippen LogP contribution is -2.10. The molecule has 0 saturated heterocycles. The van der Waals surface area contributed by atoms with Crippen molar-refractivity contribution in [3.8, 4) is 11.5 Å². The molecule has 2 aromatic rings. The van der Waals surface area contributed by atoms with Gasteiger partial charge in [0.2, 0.25) is 5.91 Å². The molecular weight excluding hydrogens is 318 g/mol. The van der Waals surface area contributed by atoms with Crippen molar-refractivity contribution in [2.75, 3.05) is 18.5 Å². The van der Waals surface area contributed by atoms with Crippen molar-refractivity contribution < 1.29 is 14.3 Å². The molecule has 134 valence electrons. The molecule has 0 aliphatic carbocycles. The highest BCUT2D eigenvalue weighted by Gasteiger charge is 2.10. The number of rotatable bonds is 7. The van der Waals surface area contributed by atoms with Gasteiger partial charge >= 0.3 is 0 Å². The summed E-state index contributed by atoms with van der Waals surface area (Å²) in [6.45, 7) is 8.77. The van der Waals surface area contributed by atoms with Crippen LogP contribution in [-0.4, -0.2) is 28.9 Å². The Morgan fingerprint density at radius 3 is 2.56 bits per heavy atom. The molecule has 1 aromatic heterocycles. The smallest absolute Gasteiger partial charge is 0.248 e. The summed E-state index contributed by atoms with van der Waals surface area (Å²) in [5.41, 5.74) is 3.43. The largest absolute Gasteiger partial charge is 0.494 e. The van der Waals surface area contributed by atoms with Crippen molar-refractivity contribution in [3.63, 3.8) is 0 Å². The van der Waals surface area contributed by atoms with E-state index in [2.05, 4.69) is 10.4 Å². The molecule has 0 bridgehead atoms. The zero-order chi connectivity index (χ0) is 18.4. The minimum Gasteiger partial charge on any atom is -0.494 e. The third kappa shape index (κ3) is 4.62. The molecule has 6 heteroatoms. The summed E-state index contributed by atoms with van der Waals surface area (Å²) in [5.74, 6) is 1.06. The Labute approximate surface area is 148 Å². The zero-order valence-corrected chi connectivity index (χ0v) is 15.4. The van der Waals surface area contributed by atoms with Crippen LogP contribution < -0.4 is 14.8 Å². The number of amides is 1. The second-order valence-electron chi connectivity index (χ2n) is 5.55. The number of hydrogen-bond donors (Lipinski definition) is 1. The topological polar surface area (TPSA) is 65.4 Å². The summed E-state index contributed by atoms with van der Waals surface area (Å²) in [6, 6.07) is 5.38. The lowest BCUT2D eigenvalue weighted by molar-refractivity contribution is -0.111. The number of hydrogen-bond acceptors (Lipinski definition) is 4. The molecule has 0 atom stereocenters. The van der Waals surface area contributed by atoms with Crippen molar-refractivity contribution in [1.82, 2.24) is 9.78 Å². The molecule has 1 amide bonds. The Balaban J connectivity index is 2.18. The van der Waals surface area contributed by atoms with E-state index < -0.39 is 0 Å². The molecule has 0 aliphatic heterocycles. The maximum absolute atomic E-state index is 12.3. The van der Waals surface area contributed by atoms with E-state index in [9.17, 15) is 4.79 Å². The summed E-state index contributed by atoms with van der Waals surface area (Å²) in [6.07, 6.45) is 3.28. The van der Waals surface area contributed by atoms with Crippen LogP contribution in [0.4, 0.5) is 5.69 Å². The SMILES string of the molecule is CCOc1ccc(OCC)c(NC(=O)C=Cc2c(C)nn(C)c2C)c1. The predicted molar refractivity (Wildman–Crippen MR) is 99.1 cm³/mol. The first-order valence-corrected chi connectivity index (χ1v) is 8.35. The highest BCUT2D eigenvalue weighted by molar-refractivity contribution is 6.03. The quantitative estimate of drug-likeness (QED) is 0.782. The van der Waals surface area contributed by atoms with Crippen molar-refractivity contribution in [1.29, 1.82) is 0 Å². The minimum absolute atomic E-state index is 0.239. The van der Waals surface area contributed by atoms with Gasteiger partial charge in [0.25, 0.3) is 0 Å². The fraction of sp³-hybridized carbons (Fsp3) is 0.368. The normalized spacial score (nSPS) is 10.9. The number of carbonyl (C=O) groups is 1. The molecule has 6 nitrogen and oxygen atoms in total. The number of carbonyl (C=O) groups excluding carboxylic acids is 1. The highest BCUT2D eigenvalue weighted by Crippen LogP contribution is 2.29. The molecule has 0 unspecified atom stereocenters. The number of aryl methyl sites for hydroxylation is 2. The maximum Gasteiger partial charge on any atom is 0.248 e. The van der Waals surface area contributed by atoms with Crippen molar-refractivity contribution >= 4 is 17.7 Å². The number of benzene rings is 1. The predicted octanol–water partition coefficient (Wildman–Crippen LogP) is 3.49. The molecular formula is C19H25N3O3. The molecule has 0 fully saturated rings. The Bertz CT molecular complexity index is 778. The van der Waals surface area contributed by atoms with Crippen LogP contribution in [-0.2, 0) is 11.8 Å². The van der Waals surface area contributed by atoms with E-state index in [1.807, 2.05) is 40.8 Å². The Morgan fingerprint density at radius 1 is 1.24 bits per heavy atom. The number of nitrogens with zero attached hydrogens (tertiary/aromatic N) is 2. The van der Waals surface area contributed by atoms with Gasteiger partial charge in [-0.2, -0.15) is 5.10 Å². The van der Waals surface area contributed by atoms with Crippen molar-refractivity contribution in [2.24, 2.45) is 7.05 Å². The molecule has 2 rings (SSSR count). The summed E-state index contributed by atoms with van der Waals surface area (Å²) in [5, 5.41) is 7.19. The van der Waals surface area contributed by atoms with Crippen molar-refractivity contribution in [2.45, 2.75) is 27.7 Å². The van der Waals surface area contributed by atoms with Crippen LogP contribution >= 0.6 is 0 Å². The summed E-state index contributed by atoms with van der Waals surface area (Å²) >= 11 is 0. The van der Waals surface area contributed by atoms with Crippen LogP contribution in [0.2, 0.25) is 0 Å². The minimum atomic E-state index is -0.239. The molecule has 0 aliphatic rings. The van der Waals surface area contributed by atoms with E-state index in [0.717, 1.165) is 17.0 Å². The first-order valence-electron chi connectivity index (χ1n) is 8.35. The molecule has 0 radical (unpaired) electrons. The van der Waals surface area contributed by atoms with E-state index >= 15 is 0 Å². The first-order chi connectivity index (χ1) is 12.0.